The molecule has 0 radical (unpaired) electrons. The highest BCUT2D eigenvalue weighted by Gasteiger charge is 2.00. The number of halogens is 1. The zero-order chi connectivity index (χ0) is 22.1. The highest BCUT2D eigenvalue weighted by molar-refractivity contribution is 5.50. The molecular weight excluding hydrogens is 367 g/mol. The van der Waals surface area contributed by atoms with E-state index in [2.05, 4.69) is 6.58 Å². The molecule has 0 amide bonds. The van der Waals surface area contributed by atoms with Crippen molar-refractivity contribution < 1.29 is 19.0 Å². The molecule has 0 saturated carbocycles. The van der Waals surface area contributed by atoms with Crippen molar-refractivity contribution in [1.29, 1.82) is 0 Å². The number of benzene rings is 2. The summed E-state index contributed by atoms with van der Waals surface area (Å²) >= 11 is 0. The van der Waals surface area contributed by atoms with E-state index in [1.165, 1.54) is 17.7 Å². The molecule has 2 aromatic carbocycles. The molecule has 0 fully saturated rings. The molecule has 0 aliphatic heterocycles. The molecule has 2 aromatic rings. The van der Waals surface area contributed by atoms with E-state index in [0.29, 0.717) is 12.8 Å². The lowest BCUT2D eigenvalue weighted by Gasteiger charge is -2.05. The predicted octanol–water partition coefficient (Wildman–Crippen LogP) is 6.71. The number of phenols is 1. The average Bonchev–Trinajstić information content (AvgIpc) is 2.73. The fourth-order valence-corrected chi connectivity index (χ4v) is 1.96. The van der Waals surface area contributed by atoms with Crippen LogP contribution in [-0.2, 0) is 11.2 Å². The molecule has 1 N–H and O–H groups in total. The van der Waals surface area contributed by atoms with Gasteiger partial charge in [-0.3, -0.25) is 0 Å². The molecule has 29 heavy (non-hydrogen) atoms. The number of allylic oxidation sites excluding steroid dienone is 4. The lowest BCUT2D eigenvalue weighted by atomic mass is 10.1. The van der Waals surface area contributed by atoms with E-state index in [1.807, 2.05) is 70.2 Å². The zero-order valence-corrected chi connectivity index (χ0v) is 17.7. The van der Waals surface area contributed by atoms with Gasteiger partial charge in [0, 0.05) is 6.42 Å². The van der Waals surface area contributed by atoms with Crippen molar-refractivity contribution in [1.82, 2.24) is 0 Å². The Morgan fingerprint density at radius 3 is 2.31 bits per heavy atom. The first kappa shape index (κ1) is 25.9. The highest BCUT2D eigenvalue weighted by atomic mass is 19.1. The third-order valence-corrected chi connectivity index (χ3v) is 3.61. The molecule has 0 saturated heterocycles. The minimum Gasteiger partial charge on any atom is -0.505 e. The number of hydrogen-bond donors (Lipinski definition) is 1. The van der Waals surface area contributed by atoms with Gasteiger partial charge in [-0.05, 0) is 81.7 Å². The number of hydrogen-bond acceptors (Lipinski definition) is 3. The number of aryl methyl sites for hydroxylation is 2. The number of ether oxygens (including phenoxy) is 1. The lowest BCUT2D eigenvalue weighted by molar-refractivity contribution is -0.107. The van der Waals surface area contributed by atoms with Crippen molar-refractivity contribution in [2.75, 3.05) is 0 Å². The molecule has 0 aliphatic rings. The second kappa shape index (κ2) is 15.9. The second-order valence-electron chi connectivity index (χ2n) is 5.97. The minimum absolute atomic E-state index is 0.357. The number of aromatic hydroxyl groups is 1. The van der Waals surface area contributed by atoms with Gasteiger partial charge in [0.05, 0.1) is 0 Å². The quantitative estimate of drug-likeness (QED) is 0.255. The molecule has 0 bridgehead atoms. The highest BCUT2D eigenvalue weighted by Crippen LogP contribution is 2.17. The predicted molar refractivity (Wildman–Crippen MR) is 119 cm³/mol. The minimum atomic E-state index is -0.640. The monoisotopic (exact) mass is 398 g/mol. The molecule has 4 heteroatoms. The second-order valence-corrected chi connectivity index (χ2v) is 5.97. The van der Waals surface area contributed by atoms with Gasteiger partial charge in [0.25, 0.3) is 0 Å². The van der Waals surface area contributed by atoms with Gasteiger partial charge in [-0.1, -0.05) is 36.9 Å². The van der Waals surface area contributed by atoms with Crippen LogP contribution in [0.3, 0.4) is 0 Å². The Labute approximate surface area is 173 Å². The summed E-state index contributed by atoms with van der Waals surface area (Å²) in [6.07, 6.45) is 9.26. The maximum atomic E-state index is 12.7. The van der Waals surface area contributed by atoms with Crippen molar-refractivity contribution in [3.8, 4) is 11.5 Å². The summed E-state index contributed by atoms with van der Waals surface area (Å²) < 4.78 is 18.2. The van der Waals surface area contributed by atoms with Gasteiger partial charge in [0.1, 0.15) is 17.8 Å². The van der Waals surface area contributed by atoms with Crippen LogP contribution in [0.25, 0.3) is 0 Å². The van der Waals surface area contributed by atoms with Gasteiger partial charge in [-0.25, -0.2) is 4.39 Å². The van der Waals surface area contributed by atoms with E-state index in [9.17, 15) is 9.18 Å². The summed E-state index contributed by atoms with van der Waals surface area (Å²) in [6.45, 7) is 11.6. The number of carbonyl (C=O) groups excluding carboxylic acids is 1. The van der Waals surface area contributed by atoms with E-state index >= 15 is 0 Å². The average molecular weight is 399 g/mol. The van der Waals surface area contributed by atoms with E-state index in [-0.39, 0.29) is 5.75 Å². The fourth-order valence-electron chi connectivity index (χ4n) is 1.96. The van der Waals surface area contributed by atoms with Gasteiger partial charge < -0.3 is 14.6 Å². The summed E-state index contributed by atoms with van der Waals surface area (Å²) in [5.74, 6) is 0.641. The molecule has 2 rings (SSSR count). The summed E-state index contributed by atoms with van der Waals surface area (Å²) in [5.41, 5.74) is 1.91. The van der Waals surface area contributed by atoms with Crippen molar-refractivity contribution in [3.63, 3.8) is 0 Å². The topological polar surface area (TPSA) is 46.5 Å². The largest absolute Gasteiger partial charge is 0.505 e. The van der Waals surface area contributed by atoms with Crippen molar-refractivity contribution in [2.45, 2.75) is 40.5 Å². The van der Waals surface area contributed by atoms with Crippen LogP contribution in [0.2, 0.25) is 0 Å². The van der Waals surface area contributed by atoms with Crippen molar-refractivity contribution in [3.05, 3.63) is 96.1 Å². The van der Waals surface area contributed by atoms with Gasteiger partial charge in [-0.2, -0.15) is 0 Å². The molecule has 0 heterocycles. The Balaban J connectivity index is 0.000000459. The number of carbonyl (C=O) groups is 1. The van der Waals surface area contributed by atoms with Gasteiger partial charge in [0.2, 0.25) is 0 Å². The van der Waals surface area contributed by atoms with Crippen LogP contribution < -0.4 is 4.74 Å². The first-order valence-corrected chi connectivity index (χ1v) is 9.43. The van der Waals surface area contributed by atoms with Crippen molar-refractivity contribution in [2.24, 2.45) is 0 Å². The standard InChI is InChI=1S/C12H14O.C9H9FO2.C4H8/c1-4-11(5-2)13-12-8-6-7-10(3)9-12;10-8-6-7(2-1-5-11)3-4-9(8)12;1-3-4-2/h4-9H,1H2,2-3H3;3-6,12H,1-2H2;3-4H,1-2H3/b11-5-;;4-3-. The molecule has 0 aliphatic carbocycles. The molecule has 156 valence electrons. The van der Waals surface area contributed by atoms with Gasteiger partial charge in [-0.15, -0.1) is 0 Å². The summed E-state index contributed by atoms with van der Waals surface area (Å²) in [6, 6.07) is 12.1. The number of phenolic OH excluding ortho intramolecular Hbond substituents is 1. The molecule has 0 spiro atoms. The van der Waals surface area contributed by atoms with E-state index in [4.69, 9.17) is 9.84 Å². The Kier molecular flexibility index (Phi) is 14.2. The molecule has 0 aromatic heterocycles. The maximum Gasteiger partial charge on any atom is 0.165 e. The SMILES string of the molecule is C/C=C\C.C=C/C(=C/C)Oc1cccc(C)c1.O=CCCc1ccc(O)c(F)c1. The first-order valence-electron chi connectivity index (χ1n) is 9.43. The van der Waals surface area contributed by atoms with Crippen molar-refractivity contribution >= 4 is 6.29 Å². The van der Waals surface area contributed by atoms with E-state index < -0.39 is 5.82 Å². The smallest absolute Gasteiger partial charge is 0.165 e. The van der Waals surface area contributed by atoms with Crippen LogP contribution in [0.5, 0.6) is 11.5 Å². The maximum absolute atomic E-state index is 12.7. The normalized spacial score (nSPS) is 10.3. The number of rotatable bonds is 6. The van der Waals surface area contributed by atoms with Crippen LogP contribution in [0, 0.1) is 12.7 Å². The van der Waals surface area contributed by atoms with Gasteiger partial charge in [0.15, 0.2) is 11.6 Å². The molecular formula is C25H31FO3. The third kappa shape index (κ3) is 12.0. The summed E-state index contributed by atoms with van der Waals surface area (Å²) in [4.78, 5) is 9.99. The zero-order valence-electron chi connectivity index (χ0n) is 17.7. The van der Waals surface area contributed by atoms with Crippen LogP contribution in [-0.4, -0.2) is 11.4 Å². The summed E-state index contributed by atoms with van der Waals surface area (Å²) in [5, 5.41) is 8.82. The molecule has 3 nitrogen and oxygen atoms in total. The van der Waals surface area contributed by atoms with Crippen LogP contribution >= 0.6 is 0 Å². The van der Waals surface area contributed by atoms with E-state index in [0.717, 1.165) is 23.4 Å². The van der Waals surface area contributed by atoms with Crippen LogP contribution in [0.4, 0.5) is 4.39 Å². The first-order chi connectivity index (χ1) is 13.9. The Bertz CT molecular complexity index is 803. The van der Waals surface area contributed by atoms with Crippen LogP contribution in [0.1, 0.15) is 38.3 Å². The summed E-state index contributed by atoms with van der Waals surface area (Å²) in [7, 11) is 0. The number of aldehydes is 1. The molecule has 0 atom stereocenters. The Morgan fingerprint density at radius 1 is 1.14 bits per heavy atom. The lowest BCUT2D eigenvalue weighted by Crippen LogP contribution is -1.91. The Hall–Kier alpha value is -3.14. The Morgan fingerprint density at radius 2 is 1.83 bits per heavy atom. The third-order valence-electron chi connectivity index (χ3n) is 3.61. The van der Waals surface area contributed by atoms with Crippen LogP contribution in [0.15, 0.2) is 79.1 Å². The fraction of sp³-hybridized carbons (Fsp3) is 0.240. The van der Waals surface area contributed by atoms with Gasteiger partial charge >= 0.3 is 0 Å². The molecule has 0 unspecified atom stereocenters. The van der Waals surface area contributed by atoms with E-state index in [1.54, 1.807) is 12.1 Å².